The number of hydrogen-bond donors (Lipinski definition) is 0. The van der Waals surface area contributed by atoms with Gasteiger partial charge in [0.1, 0.15) is 5.76 Å². The van der Waals surface area contributed by atoms with E-state index >= 15 is 0 Å². The topological polar surface area (TPSA) is 39.4 Å². The highest BCUT2D eigenvalue weighted by molar-refractivity contribution is 5.96. The number of carbonyl (C=O) groups excluding carboxylic acids is 1. The fraction of sp³-hybridized carbons (Fsp3) is 0.583. The zero-order valence-corrected chi connectivity index (χ0v) is 9.37. The maximum Gasteiger partial charge on any atom is 0.203 e. The molecule has 0 aromatic carbocycles. The SMILES string of the molecule is Cc1cc(C(=O)C2CCOC2C)oc1C. The molecule has 0 spiro atoms. The van der Waals surface area contributed by atoms with E-state index < -0.39 is 0 Å². The van der Waals surface area contributed by atoms with E-state index in [-0.39, 0.29) is 17.8 Å². The van der Waals surface area contributed by atoms with Crippen LogP contribution >= 0.6 is 0 Å². The van der Waals surface area contributed by atoms with Gasteiger partial charge < -0.3 is 9.15 Å². The molecule has 3 heteroatoms. The highest BCUT2D eigenvalue weighted by Crippen LogP contribution is 2.26. The first-order valence-corrected chi connectivity index (χ1v) is 5.32. The van der Waals surface area contributed by atoms with Crippen LogP contribution < -0.4 is 0 Å². The van der Waals surface area contributed by atoms with E-state index in [4.69, 9.17) is 9.15 Å². The van der Waals surface area contributed by atoms with Crippen LogP contribution in [0.5, 0.6) is 0 Å². The zero-order chi connectivity index (χ0) is 11.0. The number of carbonyl (C=O) groups is 1. The Morgan fingerprint density at radius 2 is 2.20 bits per heavy atom. The van der Waals surface area contributed by atoms with E-state index in [2.05, 4.69) is 0 Å². The van der Waals surface area contributed by atoms with Crippen molar-refractivity contribution in [3.05, 3.63) is 23.2 Å². The van der Waals surface area contributed by atoms with Crippen molar-refractivity contribution in [2.24, 2.45) is 5.92 Å². The molecule has 2 atom stereocenters. The summed E-state index contributed by atoms with van der Waals surface area (Å²) in [7, 11) is 0. The standard InChI is InChI=1S/C12H16O3/c1-7-6-11(15-8(7)2)12(13)10-4-5-14-9(10)3/h6,9-10H,4-5H2,1-3H3. The molecule has 1 aromatic heterocycles. The predicted octanol–water partition coefficient (Wildman–Crippen LogP) is 2.50. The summed E-state index contributed by atoms with van der Waals surface area (Å²) in [4.78, 5) is 12.0. The van der Waals surface area contributed by atoms with E-state index in [0.717, 1.165) is 17.7 Å². The second-order valence-electron chi connectivity index (χ2n) is 4.19. The van der Waals surface area contributed by atoms with Crippen LogP contribution in [0.4, 0.5) is 0 Å². The Morgan fingerprint density at radius 1 is 1.47 bits per heavy atom. The Hall–Kier alpha value is -1.09. The molecule has 0 N–H and O–H groups in total. The number of aryl methyl sites for hydroxylation is 2. The van der Waals surface area contributed by atoms with Gasteiger partial charge in [0.2, 0.25) is 5.78 Å². The van der Waals surface area contributed by atoms with Crippen LogP contribution in [-0.4, -0.2) is 18.5 Å². The maximum absolute atomic E-state index is 12.0. The van der Waals surface area contributed by atoms with Crippen LogP contribution in [0.15, 0.2) is 10.5 Å². The first-order valence-electron chi connectivity index (χ1n) is 5.32. The van der Waals surface area contributed by atoms with Crippen LogP contribution in [0.1, 0.15) is 35.2 Å². The number of hydrogen-bond acceptors (Lipinski definition) is 3. The fourth-order valence-corrected chi connectivity index (χ4v) is 1.95. The molecule has 2 unspecified atom stereocenters. The van der Waals surface area contributed by atoms with Gasteiger partial charge >= 0.3 is 0 Å². The van der Waals surface area contributed by atoms with E-state index in [1.54, 1.807) is 0 Å². The number of ketones is 1. The molecule has 0 radical (unpaired) electrons. The summed E-state index contributed by atoms with van der Waals surface area (Å²) in [5.41, 5.74) is 1.03. The molecule has 3 nitrogen and oxygen atoms in total. The lowest BCUT2D eigenvalue weighted by molar-refractivity contribution is 0.0739. The van der Waals surface area contributed by atoms with Crippen molar-refractivity contribution in [3.63, 3.8) is 0 Å². The van der Waals surface area contributed by atoms with Crippen LogP contribution in [-0.2, 0) is 4.74 Å². The zero-order valence-electron chi connectivity index (χ0n) is 9.37. The molecule has 82 valence electrons. The Kier molecular flexibility index (Phi) is 2.65. The molecule has 2 heterocycles. The Labute approximate surface area is 89.4 Å². The van der Waals surface area contributed by atoms with Gasteiger partial charge in [-0.1, -0.05) is 0 Å². The molecule has 1 fully saturated rings. The van der Waals surface area contributed by atoms with E-state index in [1.165, 1.54) is 0 Å². The Balaban J connectivity index is 2.20. The maximum atomic E-state index is 12.0. The molecular formula is C12H16O3. The monoisotopic (exact) mass is 208 g/mol. The first-order chi connectivity index (χ1) is 7.09. The molecule has 0 amide bonds. The average Bonchev–Trinajstić information content (AvgIpc) is 2.74. The van der Waals surface area contributed by atoms with Gasteiger partial charge in [0.15, 0.2) is 5.76 Å². The summed E-state index contributed by atoms with van der Waals surface area (Å²) >= 11 is 0. The van der Waals surface area contributed by atoms with Crippen molar-refractivity contribution in [1.82, 2.24) is 0 Å². The third-order valence-electron chi connectivity index (χ3n) is 3.12. The molecule has 1 saturated heterocycles. The summed E-state index contributed by atoms with van der Waals surface area (Å²) in [5, 5.41) is 0. The summed E-state index contributed by atoms with van der Waals surface area (Å²) < 4.78 is 10.8. The summed E-state index contributed by atoms with van der Waals surface area (Å²) in [6.45, 7) is 6.44. The smallest absolute Gasteiger partial charge is 0.203 e. The minimum Gasteiger partial charge on any atom is -0.458 e. The van der Waals surface area contributed by atoms with Crippen LogP contribution in [0.25, 0.3) is 0 Å². The second-order valence-corrected chi connectivity index (χ2v) is 4.19. The van der Waals surface area contributed by atoms with Crippen LogP contribution in [0.2, 0.25) is 0 Å². The predicted molar refractivity (Wildman–Crippen MR) is 56.0 cm³/mol. The quantitative estimate of drug-likeness (QED) is 0.701. The number of Topliss-reactive ketones (excluding diaryl/α,β-unsaturated/α-hetero) is 1. The molecule has 0 saturated carbocycles. The molecule has 0 aliphatic carbocycles. The second kappa shape index (κ2) is 3.81. The van der Waals surface area contributed by atoms with Gasteiger partial charge in [0, 0.05) is 6.61 Å². The van der Waals surface area contributed by atoms with Crippen LogP contribution in [0.3, 0.4) is 0 Å². The molecule has 1 aromatic rings. The van der Waals surface area contributed by atoms with E-state index in [0.29, 0.717) is 12.4 Å². The van der Waals surface area contributed by atoms with Crippen molar-refractivity contribution in [2.75, 3.05) is 6.61 Å². The lowest BCUT2D eigenvalue weighted by Crippen LogP contribution is -2.21. The van der Waals surface area contributed by atoms with Crippen molar-refractivity contribution < 1.29 is 13.9 Å². The highest BCUT2D eigenvalue weighted by Gasteiger charge is 2.33. The van der Waals surface area contributed by atoms with Gasteiger partial charge in [-0.3, -0.25) is 4.79 Å². The Bertz CT molecular complexity index is 359. The lowest BCUT2D eigenvalue weighted by Gasteiger charge is -2.10. The fourth-order valence-electron chi connectivity index (χ4n) is 1.95. The van der Waals surface area contributed by atoms with Gasteiger partial charge in [-0.2, -0.15) is 0 Å². The van der Waals surface area contributed by atoms with Gasteiger partial charge in [0.05, 0.1) is 12.0 Å². The molecule has 15 heavy (non-hydrogen) atoms. The summed E-state index contributed by atoms with van der Waals surface area (Å²) in [6.07, 6.45) is 0.821. The van der Waals surface area contributed by atoms with Gasteiger partial charge in [0.25, 0.3) is 0 Å². The molecule has 1 aliphatic heterocycles. The summed E-state index contributed by atoms with van der Waals surface area (Å²) in [6, 6.07) is 1.82. The van der Waals surface area contributed by atoms with E-state index in [1.807, 2.05) is 26.8 Å². The largest absolute Gasteiger partial charge is 0.458 e. The number of ether oxygens (including phenoxy) is 1. The minimum atomic E-state index is -0.0325. The first kappa shape index (κ1) is 10.4. The van der Waals surface area contributed by atoms with E-state index in [9.17, 15) is 4.79 Å². The normalized spacial score (nSPS) is 25.8. The van der Waals surface area contributed by atoms with Crippen molar-refractivity contribution in [1.29, 1.82) is 0 Å². The third-order valence-corrected chi connectivity index (χ3v) is 3.12. The van der Waals surface area contributed by atoms with Crippen molar-refractivity contribution in [3.8, 4) is 0 Å². The number of rotatable bonds is 2. The van der Waals surface area contributed by atoms with Gasteiger partial charge in [-0.05, 0) is 38.8 Å². The molecule has 2 rings (SSSR count). The minimum absolute atomic E-state index is 0.0169. The van der Waals surface area contributed by atoms with Crippen molar-refractivity contribution in [2.45, 2.75) is 33.3 Å². The average molecular weight is 208 g/mol. The molecular weight excluding hydrogens is 192 g/mol. The van der Waals surface area contributed by atoms with Crippen molar-refractivity contribution >= 4 is 5.78 Å². The number of furan rings is 1. The molecule has 0 bridgehead atoms. The molecule has 1 aliphatic rings. The lowest BCUT2D eigenvalue weighted by atomic mass is 9.96. The Morgan fingerprint density at radius 3 is 2.67 bits per heavy atom. The van der Waals surface area contributed by atoms with Gasteiger partial charge in [-0.25, -0.2) is 0 Å². The summed E-state index contributed by atoms with van der Waals surface area (Å²) in [5.74, 6) is 1.35. The third kappa shape index (κ3) is 1.84. The van der Waals surface area contributed by atoms with Crippen LogP contribution in [0, 0.1) is 19.8 Å². The highest BCUT2D eigenvalue weighted by atomic mass is 16.5. The van der Waals surface area contributed by atoms with Gasteiger partial charge in [-0.15, -0.1) is 0 Å².